The smallest absolute Gasteiger partial charge is 0.273 e. The van der Waals surface area contributed by atoms with Gasteiger partial charge in [0.15, 0.2) is 0 Å². The van der Waals surface area contributed by atoms with Crippen molar-refractivity contribution in [3.05, 3.63) is 27.5 Å². The van der Waals surface area contributed by atoms with Gasteiger partial charge >= 0.3 is 0 Å². The number of carbonyl (C=O) groups excluding carboxylic acids is 1. The quantitative estimate of drug-likeness (QED) is 0.777. The van der Waals surface area contributed by atoms with Gasteiger partial charge in [-0.3, -0.25) is 4.79 Å². The minimum Gasteiger partial charge on any atom is -0.330 e. The van der Waals surface area contributed by atoms with Crippen LogP contribution < -0.4 is 5.32 Å². The summed E-state index contributed by atoms with van der Waals surface area (Å²) in [5.41, 5.74) is 0.573. The molecular formula is C15H18Cl3N3OS2. The van der Waals surface area contributed by atoms with E-state index < -0.39 is 0 Å². The molecule has 24 heavy (non-hydrogen) atoms. The molecule has 4 rings (SSSR count). The average molecular weight is 427 g/mol. The summed E-state index contributed by atoms with van der Waals surface area (Å²) in [5, 5.41) is 6.18. The standard InChI is InChI=1S/C15H16ClN3OS2.2ClH/c16-13-4-3-12(22-13)14-18-11(8-21-14)15(20)19-9-1-2-10(19)7-17-6-5-9;;/h3-4,8-10,17H,1-2,5-7H2;2*1H. The maximum atomic E-state index is 12.9. The Balaban J connectivity index is 0.00000104. The van der Waals surface area contributed by atoms with E-state index in [4.69, 9.17) is 11.6 Å². The van der Waals surface area contributed by atoms with Crippen LogP contribution in [0.25, 0.3) is 9.88 Å². The van der Waals surface area contributed by atoms with Gasteiger partial charge in [0, 0.05) is 24.0 Å². The van der Waals surface area contributed by atoms with Crippen LogP contribution in [0.4, 0.5) is 0 Å². The molecule has 2 aromatic rings. The Morgan fingerprint density at radius 1 is 1.25 bits per heavy atom. The van der Waals surface area contributed by atoms with Crippen molar-refractivity contribution in [1.82, 2.24) is 15.2 Å². The van der Waals surface area contributed by atoms with Crippen molar-refractivity contribution in [2.75, 3.05) is 13.1 Å². The Hall–Kier alpha value is -0.370. The fourth-order valence-corrected chi connectivity index (χ4v) is 5.27. The SMILES string of the molecule is Cl.Cl.O=C(c1csc(-c2ccc(Cl)s2)n1)N1C2CCNCC1CC2. The summed E-state index contributed by atoms with van der Waals surface area (Å²) >= 11 is 8.99. The number of thiazole rings is 1. The second-order valence-corrected chi connectivity index (χ2v) is 8.31. The molecular weight excluding hydrogens is 409 g/mol. The lowest BCUT2D eigenvalue weighted by Crippen LogP contribution is -2.42. The van der Waals surface area contributed by atoms with Gasteiger partial charge in [-0.1, -0.05) is 11.6 Å². The van der Waals surface area contributed by atoms with Gasteiger partial charge in [-0.2, -0.15) is 0 Å². The van der Waals surface area contributed by atoms with Crippen LogP contribution in [-0.4, -0.2) is 41.0 Å². The highest BCUT2D eigenvalue weighted by Gasteiger charge is 2.39. The van der Waals surface area contributed by atoms with E-state index in [0.29, 0.717) is 17.8 Å². The van der Waals surface area contributed by atoms with Crippen LogP contribution in [0.2, 0.25) is 4.34 Å². The third kappa shape index (κ3) is 3.74. The topological polar surface area (TPSA) is 45.2 Å². The van der Waals surface area contributed by atoms with E-state index in [2.05, 4.69) is 15.2 Å². The van der Waals surface area contributed by atoms with Gasteiger partial charge in [-0.15, -0.1) is 47.5 Å². The predicted molar refractivity (Wildman–Crippen MR) is 105 cm³/mol. The highest BCUT2D eigenvalue weighted by atomic mass is 35.5. The summed E-state index contributed by atoms with van der Waals surface area (Å²) in [4.78, 5) is 20.5. The van der Waals surface area contributed by atoms with Crippen LogP contribution in [0.3, 0.4) is 0 Å². The van der Waals surface area contributed by atoms with Crippen molar-refractivity contribution in [2.45, 2.75) is 31.3 Å². The molecule has 0 aromatic carbocycles. The Labute approximate surface area is 166 Å². The third-order valence-corrected chi connectivity index (χ3v) is 6.64. The first-order valence-corrected chi connectivity index (χ1v) is 9.54. The molecule has 2 aliphatic heterocycles. The second kappa shape index (κ2) is 8.34. The number of fused-ring (bicyclic) bond motifs is 2. The van der Waals surface area contributed by atoms with Crippen molar-refractivity contribution in [2.24, 2.45) is 0 Å². The molecule has 4 nitrogen and oxygen atoms in total. The van der Waals surface area contributed by atoms with E-state index >= 15 is 0 Å². The number of nitrogens with one attached hydrogen (secondary N) is 1. The van der Waals surface area contributed by atoms with Crippen LogP contribution in [0.15, 0.2) is 17.5 Å². The molecule has 2 bridgehead atoms. The zero-order chi connectivity index (χ0) is 15.1. The van der Waals surface area contributed by atoms with Crippen molar-refractivity contribution < 1.29 is 4.79 Å². The number of thiophene rings is 1. The minimum atomic E-state index is 0. The van der Waals surface area contributed by atoms with Gasteiger partial charge in [0.05, 0.1) is 9.21 Å². The predicted octanol–water partition coefficient (Wildman–Crippen LogP) is 4.34. The monoisotopic (exact) mass is 425 g/mol. The van der Waals surface area contributed by atoms with Crippen LogP contribution in [0.1, 0.15) is 29.8 Å². The minimum absolute atomic E-state index is 0. The molecule has 132 valence electrons. The number of hydrogen-bond donors (Lipinski definition) is 1. The lowest BCUT2D eigenvalue weighted by atomic mass is 10.1. The largest absolute Gasteiger partial charge is 0.330 e. The van der Waals surface area contributed by atoms with Crippen molar-refractivity contribution >= 4 is 65.0 Å². The number of rotatable bonds is 2. The Morgan fingerprint density at radius 2 is 2.04 bits per heavy atom. The summed E-state index contributed by atoms with van der Waals surface area (Å²) in [6.07, 6.45) is 3.26. The first-order valence-electron chi connectivity index (χ1n) is 7.47. The molecule has 0 spiro atoms. The van der Waals surface area contributed by atoms with Crippen molar-refractivity contribution in [3.63, 3.8) is 0 Å². The summed E-state index contributed by atoms with van der Waals surface area (Å²) in [7, 11) is 0. The van der Waals surface area contributed by atoms with E-state index in [0.717, 1.165) is 46.6 Å². The summed E-state index contributed by atoms with van der Waals surface area (Å²) in [5.74, 6) is 0.0846. The molecule has 0 radical (unpaired) electrons. The lowest BCUT2D eigenvalue weighted by Gasteiger charge is -2.27. The lowest BCUT2D eigenvalue weighted by molar-refractivity contribution is 0.0675. The molecule has 4 heterocycles. The number of hydrogen-bond acceptors (Lipinski definition) is 5. The van der Waals surface area contributed by atoms with Gasteiger partial charge in [-0.05, 0) is 37.9 Å². The Morgan fingerprint density at radius 3 is 2.79 bits per heavy atom. The average Bonchev–Trinajstić information content (AvgIpc) is 3.16. The van der Waals surface area contributed by atoms with E-state index in [9.17, 15) is 4.79 Å². The van der Waals surface area contributed by atoms with Gasteiger partial charge in [0.25, 0.3) is 5.91 Å². The summed E-state index contributed by atoms with van der Waals surface area (Å²) in [6.45, 7) is 1.90. The molecule has 2 unspecified atom stereocenters. The molecule has 9 heteroatoms. The molecule has 2 aliphatic rings. The zero-order valence-corrected chi connectivity index (χ0v) is 16.8. The van der Waals surface area contributed by atoms with Crippen LogP contribution in [0, 0.1) is 0 Å². The number of carbonyl (C=O) groups is 1. The number of amides is 1. The normalized spacial score (nSPS) is 22.5. The molecule has 0 saturated carbocycles. The Kier molecular flexibility index (Phi) is 6.93. The highest BCUT2D eigenvalue weighted by molar-refractivity contribution is 7.23. The number of nitrogens with zero attached hydrogens (tertiary/aromatic N) is 2. The first-order chi connectivity index (χ1) is 10.7. The fraction of sp³-hybridized carbons (Fsp3) is 0.467. The third-order valence-electron chi connectivity index (χ3n) is 4.40. The van der Waals surface area contributed by atoms with Crippen LogP contribution in [-0.2, 0) is 0 Å². The van der Waals surface area contributed by atoms with Crippen molar-refractivity contribution in [1.29, 1.82) is 0 Å². The van der Waals surface area contributed by atoms with E-state index in [1.807, 2.05) is 17.5 Å². The summed E-state index contributed by atoms with van der Waals surface area (Å²) < 4.78 is 0.745. The molecule has 2 saturated heterocycles. The van der Waals surface area contributed by atoms with Gasteiger partial charge < -0.3 is 10.2 Å². The fourth-order valence-electron chi connectivity index (χ4n) is 3.36. The van der Waals surface area contributed by atoms with E-state index in [1.54, 1.807) is 0 Å². The van der Waals surface area contributed by atoms with E-state index in [1.165, 1.54) is 22.7 Å². The first kappa shape index (κ1) is 19.9. The summed E-state index contributed by atoms with van der Waals surface area (Å²) in [6, 6.07) is 4.51. The molecule has 2 atom stereocenters. The maximum absolute atomic E-state index is 12.9. The maximum Gasteiger partial charge on any atom is 0.273 e. The number of aromatic nitrogens is 1. The van der Waals surface area contributed by atoms with E-state index in [-0.39, 0.29) is 30.7 Å². The second-order valence-electron chi connectivity index (χ2n) is 5.73. The molecule has 2 fully saturated rings. The Bertz CT molecular complexity index is 692. The number of halogens is 3. The molecule has 0 aliphatic carbocycles. The zero-order valence-electron chi connectivity index (χ0n) is 12.7. The van der Waals surface area contributed by atoms with Gasteiger partial charge in [0.2, 0.25) is 0 Å². The molecule has 1 amide bonds. The highest BCUT2D eigenvalue weighted by Crippen LogP contribution is 2.34. The van der Waals surface area contributed by atoms with Crippen molar-refractivity contribution in [3.8, 4) is 9.88 Å². The molecule has 2 aromatic heterocycles. The van der Waals surface area contributed by atoms with Crippen LogP contribution >= 0.6 is 59.1 Å². The van der Waals surface area contributed by atoms with Gasteiger partial charge in [-0.25, -0.2) is 4.98 Å². The van der Waals surface area contributed by atoms with Crippen LogP contribution in [0.5, 0.6) is 0 Å². The molecule has 1 N–H and O–H groups in total. The van der Waals surface area contributed by atoms with Gasteiger partial charge in [0.1, 0.15) is 10.7 Å².